The maximum Gasteiger partial charge on any atom is 0.490 e. The van der Waals surface area contributed by atoms with Crippen molar-refractivity contribution in [2.75, 3.05) is 26.7 Å². The Hall–Kier alpha value is -2.07. The molecule has 0 spiro atoms. The van der Waals surface area contributed by atoms with Gasteiger partial charge in [0.15, 0.2) is 0 Å². The predicted molar refractivity (Wildman–Crippen MR) is 83.4 cm³/mol. The van der Waals surface area contributed by atoms with Crippen LogP contribution in [0.1, 0.15) is 18.4 Å². The number of halogens is 3. The summed E-state index contributed by atoms with van der Waals surface area (Å²) in [6, 6.07) is 4.25. The predicted octanol–water partition coefficient (Wildman–Crippen LogP) is 1.52. The molecule has 3 rings (SSSR count). The molecule has 0 saturated carbocycles. The quantitative estimate of drug-likeness (QED) is 0.859. The average molecular weight is 378 g/mol. The molecule has 0 unspecified atom stereocenters. The number of aryl methyl sites for hydroxylation is 1. The number of carbonyl (C=O) groups is 2. The number of carbonyl (C=O) groups excluding carboxylic acids is 1. The molecule has 2 atom stereocenters. The van der Waals surface area contributed by atoms with Crippen molar-refractivity contribution >= 4 is 11.9 Å². The number of fused-ring (bicyclic) bond motifs is 1. The molecule has 1 aromatic rings. The Labute approximate surface area is 148 Å². The van der Waals surface area contributed by atoms with Gasteiger partial charge in [-0.25, -0.2) is 4.79 Å². The SMILES string of the molecule is CCc1ccc(CN2C[C@@H]3[C@@H](C2)OCC(=O)N3C)o1.O=C(O)C(F)(F)F. The van der Waals surface area contributed by atoms with Crippen LogP contribution in [0.2, 0.25) is 0 Å². The van der Waals surface area contributed by atoms with Crippen molar-refractivity contribution in [3.63, 3.8) is 0 Å². The van der Waals surface area contributed by atoms with Gasteiger partial charge in [0.25, 0.3) is 0 Å². The zero-order chi connectivity index (χ0) is 19.5. The minimum atomic E-state index is -5.08. The molecular formula is C16H21F3N2O5. The van der Waals surface area contributed by atoms with Gasteiger partial charge in [-0.1, -0.05) is 6.92 Å². The Bertz CT molecular complexity index is 646. The lowest BCUT2D eigenvalue weighted by atomic mass is 10.1. The summed E-state index contributed by atoms with van der Waals surface area (Å²) in [7, 11) is 1.87. The molecule has 146 valence electrons. The number of alkyl halides is 3. The van der Waals surface area contributed by atoms with E-state index in [9.17, 15) is 18.0 Å². The number of likely N-dealkylation sites (tertiary alicyclic amines) is 1. The molecule has 0 aliphatic carbocycles. The number of amides is 1. The summed E-state index contributed by atoms with van der Waals surface area (Å²) in [6.45, 7) is 4.81. The van der Waals surface area contributed by atoms with E-state index in [-0.39, 0.29) is 24.7 Å². The minimum Gasteiger partial charge on any atom is -0.475 e. The lowest BCUT2D eigenvalue weighted by molar-refractivity contribution is -0.192. The monoisotopic (exact) mass is 378 g/mol. The number of ether oxygens (including phenoxy) is 1. The van der Waals surface area contributed by atoms with Gasteiger partial charge >= 0.3 is 12.1 Å². The van der Waals surface area contributed by atoms with Crippen molar-refractivity contribution in [1.29, 1.82) is 0 Å². The first kappa shape index (κ1) is 20.2. The molecule has 26 heavy (non-hydrogen) atoms. The van der Waals surface area contributed by atoms with Crippen molar-refractivity contribution in [2.24, 2.45) is 0 Å². The molecule has 10 heteroatoms. The van der Waals surface area contributed by atoms with Crippen LogP contribution in [0.5, 0.6) is 0 Å². The number of hydrogen-bond donors (Lipinski definition) is 1. The maximum absolute atomic E-state index is 11.6. The second-order valence-corrected chi connectivity index (χ2v) is 6.14. The molecule has 1 aromatic heterocycles. The molecule has 2 fully saturated rings. The lowest BCUT2D eigenvalue weighted by Crippen LogP contribution is -2.51. The third-order valence-corrected chi connectivity index (χ3v) is 4.31. The van der Waals surface area contributed by atoms with E-state index in [0.717, 1.165) is 37.6 Å². The fourth-order valence-electron chi connectivity index (χ4n) is 2.88. The van der Waals surface area contributed by atoms with Crippen molar-refractivity contribution in [3.8, 4) is 0 Å². The Balaban J connectivity index is 0.000000298. The zero-order valence-corrected chi connectivity index (χ0v) is 14.5. The minimum absolute atomic E-state index is 0.0781. The van der Waals surface area contributed by atoms with E-state index >= 15 is 0 Å². The number of carboxylic acid groups (broad SMARTS) is 1. The number of nitrogens with zero attached hydrogens (tertiary/aromatic N) is 2. The van der Waals surface area contributed by atoms with Crippen LogP contribution >= 0.6 is 0 Å². The lowest BCUT2D eigenvalue weighted by Gasteiger charge is -2.33. The normalized spacial score (nSPS) is 23.4. The van der Waals surface area contributed by atoms with Gasteiger partial charge in [0.2, 0.25) is 5.91 Å². The first-order valence-corrected chi connectivity index (χ1v) is 8.09. The molecule has 1 amide bonds. The highest BCUT2D eigenvalue weighted by molar-refractivity contribution is 5.78. The molecule has 7 nitrogen and oxygen atoms in total. The van der Waals surface area contributed by atoms with E-state index in [2.05, 4.69) is 11.8 Å². The van der Waals surface area contributed by atoms with Gasteiger partial charge in [-0.15, -0.1) is 0 Å². The van der Waals surface area contributed by atoms with Gasteiger partial charge < -0.3 is 19.2 Å². The molecule has 2 aliphatic heterocycles. The van der Waals surface area contributed by atoms with Gasteiger partial charge in [-0.05, 0) is 12.1 Å². The van der Waals surface area contributed by atoms with E-state index in [1.165, 1.54) is 0 Å². The molecular weight excluding hydrogens is 357 g/mol. The standard InChI is InChI=1S/C14H20N2O3.C2HF3O2/c1-3-10-4-5-11(19-10)6-16-7-12-13(8-16)18-9-14(17)15(12)2;3-2(4,5)1(6)7/h4-5,12-13H,3,6-9H2,1-2H3;(H,6,7)/t12-,13-;/m1./s1. The van der Waals surface area contributed by atoms with Crippen LogP contribution in [-0.2, 0) is 27.3 Å². The van der Waals surface area contributed by atoms with Crippen molar-refractivity contribution in [2.45, 2.75) is 38.2 Å². The molecule has 3 heterocycles. The van der Waals surface area contributed by atoms with E-state index < -0.39 is 12.1 Å². The van der Waals surface area contributed by atoms with Crippen LogP contribution in [0.4, 0.5) is 13.2 Å². The van der Waals surface area contributed by atoms with Crippen LogP contribution in [0.3, 0.4) is 0 Å². The van der Waals surface area contributed by atoms with E-state index in [1.54, 1.807) is 0 Å². The summed E-state index contributed by atoms with van der Waals surface area (Å²) in [5, 5.41) is 7.12. The number of likely N-dealkylation sites (N-methyl/N-ethyl adjacent to an activating group) is 1. The van der Waals surface area contributed by atoms with Crippen LogP contribution < -0.4 is 0 Å². The van der Waals surface area contributed by atoms with Gasteiger partial charge in [0.1, 0.15) is 18.1 Å². The maximum atomic E-state index is 11.6. The average Bonchev–Trinajstić information content (AvgIpc) is 3.18. The number of furan rings is 1. The van der Waals surface area contributed by atoms with Gasteiger partial charge in [-0.3, -0.25) is 9.69 Å². The number of rotatable bonds is 3. The Morgan fingerprint density at radius 1 is 1.31 bits per heavy atom. The Kier molecular flexibility index (Phi) is 6.30. The number of aliphatic carboxylic acids is 1. The second kappa shape index (κ2) is 8.09. The molecule has 2 saturated heterocycles. The van der Waals surface area contributed by atoms with Crippen LogP contribution in [0.15, 0.2) is 16.5 Å². The van der Waals surface area contributed by atoms with Crippen LogP contribution in [-0.4, -0.2) is 71.8 Å². The summed E-state index contributed by atoms with van der Waals surface area (Å²) >= 11 is 0. The highest BCUT2D eigenvalue weighted by Gasteiger charge is 2.41. The van der Waals surface area contributed by atoms with E-state index in [4.69, 9.17) is 19.1 Å². The highest BCUT2D eigenvalue weighted by Crippen LogP contribution is 2.24. The molecule has 1 N–H and O–H groups in total. The third kappa shape index (κ3) is 4.98. The fourth-order valence-corrected chi connectivity index (χ4v) is 2.88. The number of morpholine rings is 1. The molecule has 0 bridgehead atoms. The van der Waals surface area contributed by atoms with Crippen LogP contribution in [0.25, 0.3) is 0 Å². The Morgan fingerprint density at radius 2 is 1.92 bits per heavy atom. The second-order valence-electron chi connectivity index (χ2n) is 6.14. The topological polar surface area (TPSA) is 83.2 Å². The van der Waals surface area contributed by atoms with E-state index in [0.29, 0.717) is 0 Å². The van der Waals surface area contributed by atoms with Crippen LogP contribution in [0, 0.1) is 0 Å². The first-order valence-electron chi connectivity index (χ1n) is 8.09. The van der Waals surface area contributed by atoms with Crippen molar-refractivity contribution in [3.05, 3.63) is 23.7 Å². The zero-order valence-electron chi connectivity index (χ0n) is 14.5. The Morgan fingerprint density at radius 3 is 2.46 bits per heavy atom. The smallest absolute Gasteiger partial charge is 0.475 e. The summed E-state index contributed by atoms with van der Waals surface area (Å²) < 4.78 is 43.1. The van der Waals surface area contributed by atoms with Gasteiger partial charge in [0.05, 0.1) is 18.7 Å². The third-order valence-electron chi connectivity index (χ3n) is 4.31. The fraction of sp³-hybridized carbons (Fsp3) is 0.625. The summed E-state index contributed by atoms with van der Waals surface area (Å²) in [4.78, 5) is 24.6. The number of carboxylic acids is 1. The summed E-state index contributed by atoms with van der Waals surface area (Å²) in [6.07, 6.45) is -4.02. The highest BCUT2D eigenvalue weighted by atomic mass is 19.4. The summed E-state index contributed by atoms with van der Waals surface area (Å²) in [5.74, 6) is -0.665. The van der Waals surface area contributed by atoms with Crippen molar-refractivity contribution in [1.82, 2.24) is 9.80 Å². The van der Waals surface area contributed by atoms with Crippen molar-refractivity contribution < 1.29 is 37.0 Å². The first-order chi connectivity index (χ1) is 12.1. The molecule has 0 aromatic carbocycles. The van der Waals surface area contributed by atoms with Gasteiger partial charge in [-0.2, -0.15) is 13.2 Å². The van der Waals surface area contributed by atoms with E-state index in [1.807, 2.05) is 24.1 Å². The largest absolute Gasteiger partial charge is 0.490 e. The number of hydrogen-bond acceptors (Lipinski definition) is 5. The summed E-state index contributed by atoms with van der Waals surface area (Å²) in [5.41, 5.74) is 0. The molecule has 2 aliphatic rings. The van der Waals surface area contributed by atoms with Gasteiger partial charge in [0, 0.05) is 26.6 Å². The molecule has 0 radical (unpaired) electrons.